The van der Waals surface area contributed by atoms with Crippen LogP contribution in [-0.2, 0) is 14.4 Å². The van der Waals surface area contributed by atoms with Crippen LogP contribution < -0.4 is 0 Å². The second kappa shape index (κ2) is 7.76. The highest BCUT2D eigenvalue weighted by Crippen LogP contribution is 2.16. The van der Waals surface area contributed by atoms with Crippen molar-refractivity contribution < 1.29 is 19.5 Å². The molecule has 0 saturated heterocycles. The summed E-state index contributed by atoms with van der Waals surface area (Å²) in [6, 6.07) is 0. The van der Waals surface area contributed by atoms with Crippen molar-refractivity contribution in [2.45, 2.75) is 20.3 Å². The van der Waals surface area contributed by atoms with Crippen molar-refractivity contribution in [2.24, 2.45) is 17.8 Å². The first-order valence-electron chi connectivity index (χ1n) is 5.36. The summed E-state index contributed by atoms with van der Waals surface area (Å²) in [5, 5.41) is 8.97. The van der Waals surface area contributed by atoms with E-state index in [4.69, 9.17) is 5.11 Å². The lowest BCUT2D eigenvalue weighted by molar-refractivity contribution is -0.149. The highest BCUT2D eigenvalue weighted by atomic mass is 32.1. The van der Waals surface area contributed by atoms with Gasteiger partial charge in [0.1, 0.15) is 11.7 Å². The van der Waals surface area contributed by atoms with Crippen molar-refractivity contribution in [1.82, 2.24) is 0 Å². The molecule has 0 spiro atoms. The fourth-order valence-corrected chi connectivity index (χ4v) is 1.63. The van der Waals surface area contributed by atoms with Gasteiger partial charge in [0.15, 0.2) is 5.78 Å². The van der Waals surface area contributed by atoms with Crippen LogP contribution in [0.5, 0.6) is 0 Å². The Morgan fingerprint density at radius 2 is 1.53 bits per heavy atom. The monoisotopic (exact) mass is 278 g/mol. The highest BCUT2D eigenvalue weighted by Gasteiger charge is 2.32. The Kier molecular flexibility index (Phi) is 7.54. The number of hydrogen-bond donors (Lipinski definition) is 3. The predicted molar refractivity (Wildman–Crippen MR) is 71.8 cm³/mol. The molecule has 3 unspecified atom stereocenters. The van der Waals surface area contributed by atoms with E-state index in [9.17, 15) is 14.4 Å². The fraction of sp³-hybridized carbons (Fsp3) is 0.727. The van der Waals surface area contributed by atoms with Crippen molar-refractivity contribution in [3.63, 3.8) is 0 Å². The number of thiol groups is 2. The van der Waals surface area contributed by atoms with Gasteiger partial charge in [0.25, 0.3) is 0 Å². The molecule has 6 heteroatoms. The van der Waals surface area contributed by atoms with Crippen molar-refractivity contribution in [2.75, 3.05) is 11.5 Å². The zero-order valence-corrected chi connectivity index (χ0v) is 11.7. The molecule has 0 aromatic carbocycles. The number of hydrogen-bond acceptors (Lipinski definition) is 5. The Morgan fingerprint density at radius 3 is 1.88 bits per heavy atom. The minimum absolute atomic E-state index is 0.243. The first-order valence-corrected chi connectivity index (χ1v) is 6.62. The maximum atomic E-state index is 11.8. The summed E-state index contributed by atoms with van der Waals surface area (Å²) in [6.07, 6.45) is -0.256. The van der Waals surface area contributed by atoms with Gasteiger partial charge in [-0.05, 0) is 11.5 Å². The predicted octanol–water partition coefficient (Wildman–Crippen LogP) is 1.35. The fourth-order valence-electron chi connectivity index (χ4n) is 1.25. The Labute approximate surface area is 112 Å². The molecule has 98 valence electrons. The average Bonchev–Trinajstić information content (AvgIpc) is 2.32. The van der Waals surface area contributed by atoms with Crippen LogP contribution in [0.1, 0.15) is 20.3 Å². The maximum Gasteiger partial charge on any atom is 0.314 e. The second-order valence-corrected chi connectivity index (χ2v) is 4.86. The second-order valence-electron chi connectivity index (χ2n) is 4.13. The third-order valence-corrected chi connectivity index (χ3v) is 3.73. The van der Waals surface area contributed by atoms with Gasteiger partial charge in [0, 0.05) is 18.3 Å². The molecule has 17 heavy (non-hydrogen) atoms. The zero-order chi connectivity index (χ0) is 13.6. The van der Waals surface area contributed by atoms with Crippen LogP contribution in [0.4, 0.5) is 0 Å². The van der Waals surface area contributed by atoms with Gasteiger partial charge < -0.3 is 5.11 Å². The molecule has 0 aliphatic rings. The summed E-state index contributed by atoms with van der Waals surface area (Å²) >= 11 is 7.93. The molecule has 0 fully saturated rings. The average molecular weight is 278 g/mol. The molecule has 0 aliphatic carbocycles. The van der Waals surface area contributed by atoms with Gasteiger partial charge in [0.05, 0.1) is 0 Å². The first-order chi connectivity index (χ1) is 7.84. The van der Waals surface area contributed by atoms with Crippen LogP contribution in [0.15, 0.2) is 0 Å². The Bertz CT molecular complexity index is 304. The SMILES string of the molecule is CC(CS)C(=O)CC(C(=O)O)C(=O)C(C)CS. The van der Waals surface area contributed by atoms with Gasteiger partial charge in [-0.25, -0.2) is 0 Å². The third-order valence-electron chi connectivity index (χ3n) is 2.63. The molecule has 1 N–H and O–H groups in total. The Balaban J connectivity index is 4.72. The van der Waals surface area contributed by atoms with E-state index in [0.717, 1.165) is 0 Å². The molecule has 0 bridgehead atoms. The Hall–Kier alpha value is -0.490. The molecule has 3 atom stereocenters. The molecular formula is C11H18O4S2. The van der Waals surface area contributed by atoms with Crippen molar-refractivity contribution in [1.29, 1.82) is 0 Å². The van der Waals surface area contributed by atoms with E-state index < -0.39 is 23.6 Å². The molecule has 4 nitrogen and oxygen atoms in total. The molecule has 0 heterocycles. The van der Waals surface area contributed by atoms with Crippen LogP contribution in [-0.4, -0.2) is 34.1 Å². The van der Waals surface area contributed by atoms with Crippen molar-refractivity contribution in [3.05, 3.63) is 0 Å². The van der Waals surface area contributed by atoms with Crippen molar-refractivity contribution in [3.8, 4) is 0 Å². The molecular weight excluding hydrogens is 260 g/mol. The standard InChI is InChI=1S/C11H18O4S2/c1-6(4-16)9(12)3-8(11(14)15)10(13)7(2)5-17/h6-8,16-17H,3-5H2,1-2H3,(H,14,15). The minimum atomic E-state index is -1.26. The van der Waals surface area contributed by atoms with Gasteiger partial charge in [-0.1, -0.05) is 13.8 Å². The number of carboxylic acid groups (broad SMARTS) is 1. The molecule has 0 aliphatic heterocycles. The summed E-state index contributed by atoms with van der Waals surface area (Å²) < 4.78 is 0. The van der Waals surface area contributed by atoms with Gasteiger partial charge >= 0.3 is 5.97 Å². The number of carboxylic acids is 1. The number of aliphatic carboxylic acids is 1. The van der Waals surface area contributed by atoms with Crippen LogP contribution in [0, 0.1) is 17.8 Å². The number of carbonyl (C=O) groups excluding carboxylic acids is 2. The van der Waals surface area contributed by atoms with Gasteiger partial charge in [-0.2, -0.15) is 25.3 Å². The summed E-state index contributed by atoms with van der Waals surface area (Å²) in [4.78, 5) is 34.4. The lowest BCUT2D eigenvalue weighted by atomic mass is 9.88. The van der Waals surface area contributed by atoms with Gasteiger partial charge in [-0.15, -0.1) is 0 Å². The van der Waals surface area contributed by atoms with Crippen LogP contribution in [0.25, 0.3) is 0 Å². The van der Waals surface area contributed by atoms with E-state index in [1.807, 2.05) is 0 Å². The topological polar surface area (TPSA) is 71.4 Å². The zero-order valence-electron chi connectivity index (χ0n) is 9.92. The maximum absolute atomic E-state index is 11.8. The molecule has 0 aromatic rings. The van der Waals surface area contributed by atoms with E-state index in [2.05, 4.69) is 25.3 Å². The quantitative estimate of drug-likeness (QED) is 0.463. The van der Waals surface area contributed by atoms with Gasteiger partial charge in [0.2, 0.25) is 0 Å². The van der Waals surface area contributed by atoms with E-state index >= 15 is 0 Å². The summed E-state index contributed by atoms with van der Waals surface area (Å²) in [5.41, 5.74) is 0. The third kappa shape index (κ3) is 5.12. The van der Waals surface area contributed by atoms with Crippen LogP contribution in [0.2, 0.25) is 0 Å². The summed E-state index contributed by atoms with van der Waals surface area (Å²) in [6.45, 7) is 3.28. The molecule has 0 radical (unpaired) electrons. The van der Waals surface area contributed by atoms with E-state index in [1.54, 1.807) is 13.8 Å². The van der Waals surface area contributed by atoms with E-state index in [0.29, 0.717) is 5.75 Å². The lowest BCUT2D eigenvalue weighted by Crippen LogP contribution is -2.32. The van der Waals surface area contributed by atoms with Gasteiger partial charge in [-0.3, -0.25) is 14.4 Å². The highest BCUT2D eigenvalue weighted by molar-refractivity contribution is 7.80. The van der Waals surface area contributed by atoms with Crippen LogP contribution >= 0.6 is 25.3 Å². The minimum Gasteiger partial charge on any atom is -0.481 e. The molecule has 0 amide bonds. The number of carbonyl (C=O) groups is 3. The Morgan fingerprint density at radius 1 is 1.06 bits per heavy atom. The summed E-state index contributed by atoms with van der Waals surface area (Å²) in [5.74, 6) is -3.35. The lowest BCUT2D eigenvalue weighted by Gasteiger charge is -2.16. The van der Waals surface area contributed by atoms with E-state index in [1.165, 1.54) is 0 Å². The molecule has 0 rings (SSSR count). The molecule has 0 saturated carbocycles. The summed E-state index contributed by atoms with van der Waals surface area (Å²) in [7, 11) is 0. The normalized spacial score (nSPS) is 16.0. The number of ketones is 2. The van der Waals surface area contributed by atoms with Crippen molar-refractivity contribution >= 4 is 42.8 Å². The largest absolute Gasteiger partial charge is 0.481 e. The van der Waals surface area contributed by atoms with E-state index in [-0.39, 0.29) is 23.9 Å². The number of Topliss-reactive ketones (excluding diaryl/α,β-unsaturated/α-hetero) is 2. The smallest absolute Gasteiger partial charge is 0.314 e. The first kappa shape index (κ1) is 16.5. The molecule has 0 aromatic heterocycles. The van der Waals surface area contributed by atoms with Crippen LogP contribution in [0.3, 0.4) is 0 Å². The number of rotatable bonds is 8.